The van der Waals surface area contributed by atoms with Crippen LogP contribution in [0.5, 0.6) is 0 Å². The van der Waals surface area contributed by atoms with Crippen molar-refractivity contribution in [3.05, 3.63) is 46.5 Å². The molecule has 0 saturated carbocycles. The van der Waals surface area contributed by atoms with Gasteiger partial charge in [-0.05, 0) is 24.5 Å². The Morgan fingerprint density at radius 1 is 1.31 bits per heavy atom. The lowest BCUT2D eigenvalue weighted by molar-refractivity contribution is 0.0734. The molecule has 1 aromatic rings. The highest BCUT2D eigenvalue weighted by atomic mass is 35.5. The lowest BCUT2D eigenvalue weighted by atomic mass is 10.1. The van der Waals surface area contributed by atoms with E-state index in [1.165, 1.54) is 0 Å². The van der Waals surface area contributed by atoms with Crippen molar-refractivity contribution in [3.8, 4) is 0 Å². The summed E-state index contributed by atoms with van der Waals surface area (Å²) in [6.45, 7) is 0.698. The fourth-order valence-electron chi connectivity index (χ4n) is 2.49. The molecule has 2 aliphatic rings. The standard InChI is InChI=1S/C13H12ClNO/c14-11-6-3-7-12(11)15-8-9-4-1-2-5-10(9)13(15)16/h1-2,4-6,12H,3,7-8H2/t12-/m0/s1. The smallest absolute Gasteiger partial charge is 0.255 e. The van der Waals surface area contributed by atoms with Crippen LogP contribution in [0.3, 0.4) is 0 Å². The van der Waals surface area contributed by atoms with Crippen molar-refractivity contribution < 1.29 is 4.79 Å². The second kappa shape index (κ2) is 3.63. The summed E-state index contributed by atoms with van der Waals surface area (Å²) < 4.78 is 0. The van der Waals surface area contributed by atoms with Crippen LogP contribution >= 0.6 is 11.6 Å². The molecule has 0 fully saturated rings. The third-order valence-corrected chi connectivity index (χ3v) is 3.73. The molecule has 0 N–H and O–H groups in total. The summed E-state index contributed by atoms with van der Waals surface area (Å²) in [7, 11) is 0. The Labute approximate surface area is 99.5 Å². The maximum atomic E-state index is 12.2. The zero-order valence-corrected chi connectivity index (χ0v) is 9.57. The maximum absolute atomic E-state index is 12.2. The predicted molar refractivity (Wildman–Crippen MR) is 63.3 cm³/mol. The molecule has 0 saturated heterocycles. The quantitative estimate of drug-likeness (QED) is 0.731. The van der Waals surface area contributed by atoms with Gasteiger partial charge in [0.1, 0.15) is 0 Å². The molecule has 16 heavy (non-hydrogen) atoms. The van der Waals surface area contributed by atoms with Gasteiger partial charge in [-0.2, -0.15) is 0 Å². The molecular formula is C13H12ClNO. The normalized spacial score (nSPS) is 23.6. The third kappa shape index (κ3) is 1.37. The van der Waals surface area contributed by atoms with Crippen molar-refractivity contribution in [3.63, 3.8) is 0 Å². The van der Waals surface area contributed by atoms with Crippen LogP contribution in [0.2, 0.25) is 0 Å². The van der Waals surface area contributed by atoms with Crippen molar-refractivity contribution in [2.24, 2.45) is 0 Å². The summed E-state index contributed by atoms with van der Waals surface area (Å²) >= 11 is 6.13. The maximum Gasteiger partial charge on any atom is 0.255 e. The van der Waals surface area contributed by atoms with Crippen molar-refractivity contribution in [1.82, 2.24) is 4.90 Å². The number of hydrogen-bond donors (Lipinski definition) is 0. The van der Waals surface area contributed by atoms with Crippen LogP contribution < -0.4 is 0 Å². The van der Waals surface area contributed by atoms with Crippen LogP contribution in [0.15, 0.2) is 35.4 Å². The third-order valence-electron chi connectivity index (χ3n) is 3.32. The van der Waals surface area contributed by atoms with Gasteiger partial charge in [-0.15, -0.1) is 0 Å². The Morgan fingerprint density at radius 2 is 2.12 bits per heavy atom. The molecule has 1 amide bonds. The average Bonchev–Trinajstić information content (AvgIpc) is 2.84. The monoisotopic (exact) mass is 233 g/mol. The summed E-state index contributed by atoms with van der Waals surface area (Å²) in [6, 6.07) is 7.89. The van der Waals surface area contributed by atoms with E-state index in [1.807, 2.05) is 35.2 Å². The molecule has 82 valence electrons. The number of allylic oxidation sites excluding steroid dienone is 1. The van der Waals surface area contributed by atoms with Crippen LogP contribution in [0.1, 0.15) is 28.8 Å². The lowest BCUT2D eigenvalue weighted by Gasteiger charge is -2.24. The number of nitrogens with zero attached hydrogens (tertiary/aromatic N) is 1. The van der Waals surface area contributed by atoms with Crippen LogP contribution in [0.25, 0.3) is 0 Å². The van der Waals surface area contributed by atoms with Crippen molar-refractivity contribution in [2.45, 2.75) is 25.4 Å². The zero-order valence-electron chi connectivity index (χ0n) is 8.82. The minimum atomic E-state index is 0.0987. The van der Waals surface area contributed by atoms with Crippen molar-refractivity contribution >= 4 is 17.5 Å². The summed E-state index contributed by atoms with van der Waals surface area (Å²) in [5.41, 5.74) is 1.95. The van der Waals surface area contributed by atoms with Crippen molar-refractivity contribution in [1.29, 1.82) is 0 Å². The van der Waals surface area contributed by atoms with E-state index in [-0.39, 0.29) is 11.9 Å². The second-order valence-electron chi connectivity index (χ2n) is 4.27. The van der Waals surface area contributed by atoms with E-state index < -0.39 is 0 Å². The number of halogens is 1. The second-order valence-corrected chi connectivity index (χ2v) is 4.71. The Kier molecular flexibility index (Phi) is 2.25. The molecule has 2 nitrogen and oxygen atoms in total. The number of carbonyl (C=O) groups excluding carboxylic acids is 1. The minimum absolute atomic E-state index is 0.0987. The zero-order chi connectivity index (χ0) is 11.1. The SMILES string of the molecule is O=C1c2ccccc2CN1[C@H]1CCC=C1Cl. The summed E-state index contributed by atoms with van der Waals surface area (Å²) in [6.07, 6.45) is 3.95. The lowest BCUT2D eigenvalue weighted by Crippen LogP contribution is -2.34. The molecule has 0 unspecified atom stereocenters. The van der Waals surface area contributed by atoms with E-state index >= 15 is 0 Å². The van der Waals surface area contributed by atoms with E-state index in [1.54, 1.807) is 0 Å². The van der Waals surface area contributed by atoms with E-state index in [2.05, 4.69) is 0 Å². The van der Waals surface area contributed by atoms with Crippen LogP contribution in [-0.2, 0) is 6.54 Å². The van der Waals surface area contributed by atoms with E-state index in [0.29, 0.717) is 6.54 Å². The number of carbonyl (C=O) groups is 1. The van der Waals surface area contributed by atoms with Gasteiger partial charge in [0.05, 0.1) is 6.04 Å². The van der Waals surface area contributed by atoms with Gasteiger partial charge >= 0.3 is 0 Å². The first-order valence-electron chi connectivity index (χ1n) is 5.52. The highest BCUT2D eigenvalue weighted by Crippen LogP contribution is 2.33. The number of fused-ring (bicyclic) bond motifs is 1. The predicted octanol–water partition coefficient (Wildman–Crippen LogP) is 2.93. The van der Waals surface area contributed by atoms with Crippen LogP contribution in [0.4, 0.5) is 0 Å². The molecule has 1 heterocycles. The number of amides is 1. The Morgan fingerprint density at radius 3 is 2.81 bits per heavy atom. The van der Waals surface area contributed by atoms with Crippen molar-refractivity contribution in [2.75, 3.05) is 0 Å². The fourth-order valence-corrected chi connectivity index (χ4v) is 2.82. The van der Waals surface area contributed by atoms with Gasteiger partial charge in [-0.25, -0.2) is 0 Å². The topological polar surface area (TPSA) is 20.3 Å². The molecule has 0 spiro atoms. The first kappa shape index (κ1) is 9.91. The summed E-state index contributed by atoms with van der Waals surface area (Å²) in [4.78, 5) is 14.1. The van der Waals surface area contributed by atoms with Crippen LogP contribution in [-0.4, -0.2) is 16.8 Å². The van der Waals surface area contributed by atoms with Gasteiger partial charge in [-0.3, -0.25) is 4.79 Å². The van der Waals surface area contributed by atoms with Gasteiger partial charge in [0.15, 0.2) is 0 Å². The van der Waals surface area contributed by atoms with Gasteiger partial charge < -0.3 is 4.90 Å². The largest absolute Gasteiger partial charge is 0.326 e. The Hall–Kier alpha value is -1.28. The summed E-state index contributed by atoms with van der Waals surface area (Å²) in [5.74, 6) is 0.119. The first-order valence-corrected chi connectivity index (χ1v) is 5.89. The molecule has 0 radical (unpaired) electrons. The average molecular weight is 234 g/mol. The Balaban J connectivity index is 1.93. The van der Waals surface area contributed by atoms with E-state index in [4.69, 9.17) is 11.6 Å². The molecule has 3 heteroatoms. The molecule has 1 aliphatic carbocycles. The number of rotatable bonds is 1. The first-order chi connectivity index (χ1) is 7.77. The molecule has 1 aromatic carbocycles. The molecule has 1 aliphatic heterocycles. The van der Waals surface area contributed by atoms with Gasteiger partial charge in [0.25, 0.3) is 5.91 Å². The molecule has 0 aromatic heterocycles. The molecule has 3 rings (SSSR count). The molecular weight excluding hydrogens is 222 g/mol. The van der Waals surface area contributed by atoms with E-state index in [0.717, 1.165) is 29.0 Å². The van der Waals surface area contributed by atoms with Crippen LogP contribution in [0, 0.1) is 0 Å². The van der Waals surface area contributed by atoms with Gasteiger partial charge in [-0.1, -0.05) is 35.9 Å². The fraction of sp³-hybridized carbons (Fsp3) is 0.308. The highest BCUT2D eigenvalue weighted by Gasteiger charge is 2.34. The van der Waals surface area contributed by atoms with Gasteiger partial charge in [0, 0.05) is 17.1 Å². The highest BCUT2D eigenvalue weighted by molar-refractivity contribution is 6.30. The minimum Gasteiger partial charge on any atom is -0.326 e. The number of hydrogen-bond acceptors (Lipinski definition) is 1. The van der Waals surface area contributed by atoms with Gasteiger partial charge in [0.2, 0.25) is 0 Å². The summed E-state index contributed by atoms with van der Waals surface area (Å²) in [5, 5.41) is 0.821. The number of benzene rings is 1. The van der Waals surface area contributed by atoms with E-state index in [9.17, 15) is 4.79 Å². The molecule has 1 atom stereocenters. The Bertz CT molecular complexity index is 481. The molecule has 0 bridgehead atoms.